The van der Waals surface area contributed by atoms with Crippen LogP contribution in [0.25, 0.3) is 0 Å². The number of carbonyl (C=O) groups excluding carboxylic acids is 1. The van der Waals surface area contributed by atoms with Crippen molar-refractivity contribution in [2.45, 2.75) is 25.5 Å². The molecule has 1 fully saturated rings. The Balaban J connectivity index is 2.68. The van der Waals surface area contributed by atoms with Crippen LogP contribution in [0.5, 0.6) is 0 Å². The van der Waals surface area contributed by atoms with Crippen LogP contribution in [-0.2, 0) is 9.53 Å². The highest BCUT2D eigenvalue weighted by atomic mass is 16.5. The fourth-order valence-electron chi connectivity index (χ4n) is 1.74. The Labute approximate surface area is 71.9 Å². The molecule has 0 saturated carbocycles. The smallest absolute Gasteiger partial charge is 0.249 e. The van der Waals surface area contributed by atoms with Gasteiger partial charge in [-0.05, 0) is 6.42 Å². The number of rotatable bonds is 3. The van der Waals surface area contributed by atoms with Crippen molar-refractivity contribution in [2.75, 3.05) is 13.7 Å². The lowest BCUT2D eigenvalue weighted by Crippen LogP contribution is -2.32. The lowest BCUT2D eigenvalue weighted by Gasteiger charge is -2.17. The van der Waals surface area contributed by atoms with Crippen LogP contribution in [0, 0.1) is 5.92 Å². The number of hydrogen-bond acceptors (Lipinski definition) is 3. The zero-order valence-electron chi connectivity index (χ0n) is 7.41. The van der Waals surface area contributed by atoms with E-state index in [0.717, 1.165) is 6.42 Å². The SMILES string of the molecule is CC[C@H]1[C@@H](CO)NC(=O)[C@@H]1OC. The van der Waals surface area contributed by atoms with Crippen molar-refractivity contribution in [1.82, 2.24) is 5.32 Å². The molecule has 4 heteroatoms. The van der Waals surface area contributed by atoms with Gasteiger partial charge in [-0.15, -0.1) is 0 Å². The Bertz CT molecular complexity index is 172. The van der Waals surface area contributed by atoms with Crippen LogP contribution in [0.2, 0.25) is 0 Å². The standard InChI is InChI=1S/C8H15NO3/c1-3-5-6(4-10)9-8(11)7(5)12-2/h5-7,10H,3-4H2,1-2H3,(H,9,11)/t5-,6+,7+/m0/s1. The summed E-state index contributed by atoms with van der Waals surface area (Å²) in [6.45, 7) is 1.98. The predicted molar refractivity (Wildman–Crippen MR) is 43.6 cm³/mol. The van der Waals surface area contributed by atoms with E-state index in [-0.39, 0.29) is 30.6 Å². The summed E-state index contributed by atoms with van der Waals surface area (Å²) < 4.78 is 5.04. The summed E-state index contributed by atoms with van der Waals surface area (Å²) in [5, 5.41) is 11.6. The number of aliphatic hydroxyl groups is 1. The number of aliphatic hydroxyl groups excluding tert-OH is 1. The van der Waals surface area contributed by atoms with E-state index in [4.69, 9.17) is 9.84 Å². The number of hydrogen-bond donors (Lipinski definition) is 2. The Morgan fingerprint density at radius 1 is 1.67 bits per heavy atom. The van der Waals surface area contributed by atoms with E-state index < -0.39 is 0 Å². The van der Waals surface area contributed by atoms with Crippen molar-refractivity contribution < 1.29 is 14.6 Å². The van der Waals surface area contributed by atoms with E-state index in [0.29, 0.717) is 0 Å². The molecule has 0 unspecified atom stereocenters. The van der Waals surface area contributed by atoms with E-state index in [1.807, 2.05) is 6.92 Å². The van der Waals surface area contributed by atoms with Crippen LogP contribution in [0.4, 0.5) is 0 Å². The molecule has 0 aromatic carbocycles. The van der Waals surface area contributed by atoms with Gasteiger partial charge in [0.05, 0.1) is 12.6 Å². The average molecular weight is 173 g/mol. The summed E-state index contributed by atoms with van der Waals surface area (Å²) in [5.41, 5.74) is 0. The largest absolute Gasteiger partial charge is 0.394 e. The molecule has 12 heavy (non-hydrogen) atoms. The summed E-state index contributed by atoms with van der Waals surface area (Å²) in [5.74, 6) is -0.00380. The molecule has 1 rings (SSSR count). The van der Waals surface area contributed by atoms with Gasteiger partial charge in [0.25, 0.3) is 0 Å². The van der Waals surface area contributed by atoms with Crippen molar-refractivity contribution in [3.63, 3.8) is 0 Å². The third kappa shape index (κ3) is 1.44. The van der Waals surface area contributed by atoms with E-state index in [9.17, 15) is 4.79 Å². The van der Waals surface area contributed by atoms with E-state index in [2.05, 4.69) is 5.32 Å². The third-order valence-electron chi connectivity index (χ3n) is 2.41. The van der Waals surface area contributed by atoms with Crippen molar-refractivity contribution in [2.24, 2.45) is 5.92 Å². The molecule has 0 spiro atoms. The molecule has 1 amide bonds. The van der Waals surface area contributed by atoms with Crippen LogP contribution in [0.15, 0.2) is 0 Å². The summed E-state index contributed by atoms with van der Waals surface area (Å²) in [6.07, 6.45) is 0.454. The highest BCUT2D eigenvalue weighted by molar-refractivity contribution is 5.84. The van der Waals surface area contributed by atoms with Crippen LogP contribution >= 0.6 is 0 Å². The van der Waals surface area contributed by atoms with Crippen molar-refractivity contribution in [3.8, 4) is 0 Å². The minimum atomic E-state index is -0.382. The molecule has 70 valence electrons. The molecule has 0 aromatic rings. The maximum absolute atomic E-state index is 11.2. The number of nitrogens with one attached hydrogen (secondary N) is 1. The topological polar surface area (TPSA) is 58.6 Å². The Kier molecular flexibility index (Phi) is 3.05. The lowest BCUT2D eigenvalue weighted by atomic mass is 9.96. The molecule has 1 aliphatic heterocycles. The van der Waals surface area contributed by atoms with Gasteiger partial charge in [0.1, 0.15) is 6.10 Å². The summed E-state index contributed by atoms with van der Waals surface area (Å²) in [6, 6.07) is -0.132. The molecule has 3 atom stereocenters. The van der Waals surface area contributed by atoms with Crippen LogP contribution in [0.1, 0.15) is 13.3 Å². The highest BCUT2D eigenvalue weighted by Gasteiger charge is 2.40. The normalized spacial score (nSPS) is 35.2. The molecule has 4 nitrogen and oxygen atoms in total. The second-order valence-corrected chi connectivity index (χ2v) is 3.03. The molecule has 0 bridgehead atoms. The fraction of sp³-hybridized carbons (Fsp3) is 0.875. The van der Waals surface area contributed by atoms with Gasteiger partial charge in [0, 0.05) is 13.0 Å². The van der Waals surface area contributed by atoms with Crippen LogP contribution in [0.3, 0.4) is 0 Å². The van der Waals surface area contributed by atoms with Crippen LogP contribution < -0.4 is 5.32 Å². The van der Waals surface area contributed by atoms with Crippen molar-refractivity contribution in [3.05, 3.63) is 0 Å². The first-order valence-corrected chi connectivity index (χ1v) is 4.18. The zero-order chi connectivity index (χ0) is 9.14. The highest BCUT2D eigenvalue weighted by Crippen LogP contribution is 2.22. The van der Waals surface area contributed by atoms with Gasteiger partial charge in [-0.1, -0.05) is 6.92 Å². The number of amides is 1. The summed E-state index contributed by atoms with van der Waals surface area (Å²) in [4.78, 5) is 11.2. The first kappa shape index (κ1) is 9.48. The first-order valence-electron chi connectivity index (χ1n) is 4.18. The Hall–Kier alpha value is -0.610. The summed E-state index contributed by atoms with van der Waals surface area (Å²) in [7, 11) is 1.52. The van der Waals surface area contributed by atoms with Crippen molar-refractivity contribution in [1.29, 1.82) is 0 Å². The Morgan fingerprint density at radius 3 is 2.75 bits per heavy atom. The maximum atomic E-state index is 11.2. The average Bonchev–Trinajstić information content (AvgIpc) is 2.40. The zero-order valence-corrected chi connectivity index (χ0v) is 7.41. The van der Waals surface area contributed by atoms with Gasteiger partial charge in [-0.3, -0.25) is 4.79 Å². The number of methoxy groups -OCH3 is 1. The van der Waals surface area contributed by atoms with Gasteiger partial charge < -0.3 is 15.2 Å². The quantitative estimate of drug-likeness (QED) is 0.606. The van der Waals surface area contributed by atoms with Gasteiger partial charge in [-0.25, -0.2) is 0 Å². The molecule has 2 N–H and O–H groups in total. The van der Waals surface area contributed by atoms with E-state index in [1.165, 1.54) is 7.11 Å². The molecule has 1 saturated heterocycles. The molecular formula is C8H15NO3. The molecular weight excluding hydrogens is 158 g/mol. The number of carbonyl (C=O) groups is 1. The fourth-order valence-corrected chi connectivity index (χ4v) is 1.74. The molecule has 1 heterocycles. The second-order valence-electron chi connectivity index (χ2n) is 3.03. The van der Waals surface area contributed by atoms with Crippen LogP contribution in [-0.4, -0.2) is 36.9 Å². The molecule has 0 aliphatic carbocycles. The van der Waals surface area contributed by atoms with Gasteiger partial charge >= 0.3 is 0 Å². The van der Waals surface area contributed by atoms with Gasteiger partial charge in [0.15, 0.2) is 0 Å². The first-order chi connectivity index (χ1) is 5.74. The molecule has 0 aromatic heterocycles. The minimum Gasteiger partial charge on any atom is -0.394 e. The molecule has 1 aliphatic rings. The van der Waals surface area contributed by atoms with E-state index in [1.54, 1.807) is 0 Å². The lowest BCUT2D eigenvalue weighted by molar-refractivity contribution is -0.128. The maximum Gasteiger partial charge on any atom is 0.249 e. The van der Waals surface area contributed by atoms with E-state index >= 15 is 0 Å². The second kappa shape index (κ2) is 3.87. The third-order valence-corrected chi connectivity index (χ3v) is 2.41. The Morgan fingerprint density at radius 2 is 2.33 bits per heavy atom. The monoisotopic (exact) mass is 173 g/mol. The molecule has 0 radical (unpaired) electrons. The summed E-state index contributed by atoms with van der Waals surface area (Å²) >= 11 is 0. The predicted octanol–water partition coefficient (Wildman–Crippen LogP) is -0.482. The van der Waals surface area contributed by atoms with Crippen molar-refractivity contribution >= 4 is 5.91 Å². The van der Waals surface area contributed by atoms with Gasteiger partial charge in [-0.2, -0.15) is 0 Å². The van der Waals surface area contributed by atoms with Gasteiger partial charge in [0.2, 0.25) is 5.91 Å². The number of ether oxygens (including phenoxy) is 1. The minimum absolute atomic E-state index is 0.00981.